The summed E-state index contributed by atoms with van der Waals surface area (Å²) in [5.41, 5.74) is 5.21. The van der Waals surface area contributed by atoms with E-state index in [4.69, 9.17) is 0 Å². The smallest absolute Gasteiger partial charge is 0.259 e. The number of nitrogens with zero attached hydrogens (tertiary/aromatic N) is 2. The Kier molecular flexibility index (Phi) is 3.67. The van der Waals surface area contributed by atoms with Crippen LogP contribution in [0, 0.1) is 5.92 Å². The summed E-state index contributed by atoms with van der Waals surface area (Å²) in [6.07, 6.45) is 8.22. The van der Waals surface area contributed by atoms with Crippen LogP contribution in [0.15, 0.2) is 35.7 Å². The number of aromatic nitrogens is 1. The molecule has 0 saturated heterocycles. The zero-order valence-corrected chi connectivity index (χ0v) is 15.9. The molecule has 0 radical (unpaired) electrons. The monoisotopic (exact) mass is 363 g/mol. The van der Waals surface area contributed by atoms with Crippen LogP contribution in [0.2, 0.25) is 0 Å². The van der Waals surface area contributed by atoms with Gasteiger partial charge in [-0.15, -0.1) is 0 Å². The molecule has 27 heavy (non-hydrogen) atoms. The van der Waals surface area contributed by atoms with Gasteiger partial charge in [0.15, 0.2) is 0 Å². The number of anilines is 1. The summed E-state index contributed by atoms with van der Waals surface area (Å²) in [6.45, 7) is 1.84. The molecule has 3 aliphatic rings. The highest BCUT2D eigenvalue weighted by Gasteiger charge is 2.43. The normalized spacial score (nSPS) is 22.8. The zero-order valence-electron chi connectivity index (χ0n) is 15.9. The molecule has 5 heteroatoms. The van der Waals surface area contributed by atoms with Crippen molar-refractivity contribution >= 4 is 28.4 Å². The number of nitrogens with one attached hydrogen (secondary N) is 1. The van der Waals surface area contributed by atoms with Crippen molar-refractivity contribution in [2.24, 2.45) is 13.0 Å². The van der Waals surface area contributed by atoms with Crippen LogP contribution < -0.4 is 5.32 Å². The highest BCUT2D eigenvalue weighted by Crippen LogP contribution is 2.49. The van der Waals surface area contributed by atoms with Crippen LogP contribution in [0.25, 0.3) is 10.9 Å². The fraction of sp³-hybridized carbons (Fsp3) is 0.455. The fourth-order valence-electron chi connectivity index (χ4n) is 5.37. The highest BCUT2D eigenvalue weighted by atomic mass is 16.2. The summed E-state index contributed by atoms with van der Waals surface area (Å²) in [4.78, 5) is 26.7. The van der Waals surface area contributed by atoms with Gasteiger partial charge in [0.05, 0.1) is 12.1 Å². The molecule has 1 atom stereocenters. The fourth-order valence-corrected chi connectivity index (χ4v) is 5.37. The van der Waals surface area contributed by atoms with Crippen molar-refractivity contribution in [3.63, 3.8) is 0 Å². The minimum Gasteiger partial charge on any atom is -0.356 e. The number of imide groups is 1. The third-order valence-corrected chi connectivity index (χ3v) is 6.59. The Hall–Kier alpha value is -2.56. The standard InChI is InChI=1S/C22H25N3O2/c1-13(26)25-12-17-21(22(25)27)19(14-7-4-3-5-8-14)15-11-24(2)18-10-6-9-16(23-17)20(15)18/h6,9-11,14,19,23H,3-5,7-8,12H2,1-2H3/t19-/m0/s1. The molecule has 5 nitrogen and oxygen atoms in total. The molecule has 1 fully saturated rings. The van der Waals surface area contributed by atoms with Crippen molar-refractivity contribution in [2.45, 2.75) is 44.9 Å². The van der Waals surface area contributed by atoms with E-state index in [1.165, 1.54) is 47.6 Å². The van der Waals surface area contributed by atoms with Crippen LogP contribution in [0.3, 0.4) is 0 Å². The van der Waals surface area contributed by atoms with E-state index in [2.05, 4.69) is 41.3 Å². The summed E-state index contributed by atoms with van der Waals surface area (Å²) in [5, 5.41) is 4.76. The molecule has 2 aromatic rings. The maximum atomic E-state index is 13.3. The molecule has 5 rings (SSSR count). The Morgan fingerprint density at radius 3 is 2.70 bits per heavy atom. The molecule has 0 spiro atoms. The predicted octanol–water partition coefficient (Wildman–Crippen LogP) is 3.91. The van der Waals surface area contributed by atoms with E-state index in [0.29, 0.717) is 12.5 Å². The largest absolute Gasteiger partial charge is 0.356 e. The molecular formula is C22H25N3O2. The van der Waals surface area contributed by atoms with Gasteiger partial charge in [-0.2, -0.15) is 0 Å². The molecule has 0 bridgehead atoms. The molecule has 1 aliphatic carbocycles. The van der Waals surface area contributed by atoms with Crippen LogP contribution in [0.4, 0.5) is 5.69 Å². The van der Waals surface area contributed by atoms with Gasteiger partial charge in [-0.3, -0.25) is 14.5 Å². The second-order valence-corrected chi connectivity index (χ2v) is 8.20. The van der Waals surface area contributed by atoms with Gasteiger partial charge in [0.25, 0.3) is 5.91 Å². The third kappa shape index (κ3) is 2.37. The van der Waals surface area contributed by atoms with E-state index in [0.717, 1.165) is 29.8 Å². The minimum atomic E-state index is -0.177. The number of rotatable bonds is 1. The number of hydrogen-bond donors (Lipinski definition) is 1. The van der Waals surface area contributed by atoms with Crippen LogP contribution in [-0.2, 0) is 16.6 Å². The van der Waals surface area contributed by atoms with E-state index in [1.54, 1.807) is 0 Å². The van der Waals surface area contributed by atoms with E-state index in [1.807, 2.05) is 0 Å². The van der Waals surface area contributed by atoms with Gasteiger partial charge in [-0.25, -0.2) is 0 Å². The topological polar surface area (TPSA) is 54.3 Å². The first-order chi connectivity index (χ1) is 13.1. The van der Waals surface area contributed by atoms with Crippen LogP contribution in [0.1, 0.15) is 50.5 Å². The maximum absolute atomic E-state index is 13.3. The first-order valence-corrected chi connectivity index (χ1v) is 9.96. The van der Waals surface area contributed by atoms with Crippen LogP contribution in [-0.4, -0.2) is 27.8 Å². The number of carbonyl (C=O) groups excluding carboxylic acids is 2. The summed E-state index contributed by atoms with van der Waals surface area (Å²) < 4.78 is 2.17. The van der Waals surface area contributed by atoms with Gasteiger partial charge < -0.3 is 9.88 Å². The quantitative estimate of drug-likeness (QED) is 0.836. The number of amides is 2. The molecule has 1 aromatic heterocycles. The Labute approximate surface area is 159 Å². The lowest BCUT2D eigenvalue weighted by Crippen LogP contribution is -2.34. The average Bonchev–Trinajstić information content (AvgIpc) is 3.11. The molecule has 2 aliphatic heterocycles. The first-order valence-electron chi connectivity index (χ1n) is 9.96. The number of carbonyl (C=O) groups is 2. The van der Waals surface area contributed by atoms with Gasteiger partial charge in [0.2, 0.25) is 5.91 Å². The molecule has 0 unspecified atom stereocenters. The Bertz CT molecular complexity index is 994. The molecule has 1 saturated carbocycles. The lowest BCUT2D eigenvalue weighted by molar-refractivity contribution is -0.139. The molecule has 1 N–H and O–H groups in total. The summed E-state index contributed by atoms with van der Waals surface area (Å²) in [7, 11) is 2.07. The van der Waals surface area contributed by atoms with E-state index in [-0.39, 0.29) is 17.7 Å². The zero-order chi connectivity index (χ0) is 18.7. The van der Waals surface area contributed by atoms with E-state index < -0.39 is 0 Å². The van der Waals surface area contributed by atoms with E-state index in [9.17, 15) is 9.59 Å². The highest BCUT2D eigenvalue weighted by molar-refractivity contribution is 6.10. The Morgan fingerprint density at radius 2 is 1.96 bits per heavy atom. The molecule has 2 amide bonds. The van der Waals surface area contributed by atoms with Crippen molar-refractivity contribution in [2.75, 3.05) is 11.9 Å². The second-order valence-electron chi connectivity index (χ2n) is 8.20. The number of hydrogen-bond acceptors (Lipinski definition) is 3. The van der Waals surface area contributed by atoms with Gasteiger partial charge in [0.1, 0.15) is 0 Å². The minimum absolute atomic E-state index is 0.0667. The van der Waals surface area contributed by atoms with Crippen molar-refractivity contribution in [3.05, 3.63) is 41.2 Å². The summed E-state index contributed by atoms with van der Waals surface area (Å²) >= 11 is 0. The molecule has 3 heterocycles. The molecule has 1 aromatic carbocycles. The average molecular weight is 363 g/mol. The van der Waals surface area contributed by atoms with Gasteiger partial charge in [0, 0.05) is 48.4 Å². The molecule has 140 valence electrons. The predicted molar refractivity (Wildman–Crippen MR) is 105 cm³/mol. The van der Waals surface area contributed by atoms with Crippen molar-refractivity contribution in [1.29, 1.82) is 0 Å². The number of aryl methyl sites for hydroxylation is 1. The second kappa shape index (κ2) is 5.98. The van der Waals surface area contributed by atoms with Crippen molar-refractivity contribution < 1.29 is 9.59 Å². The van der Waals surface area contributed by atoms with Gasteiger partial charge in [-0.05, 0) is 36.5 Å². The summed E-state index contributed by atoms with van der Waals surface area (Å²) in [5.74, 6) is 0.240. The number of benzene rings is 1. The third-order valence-electron chi connectivity index (χ3n) is 6.59. The van der Waals surface area contributed by atoms with Crippen molar-refractivity contribution in [1.82, 2.24) is 9.47 Å². The molecular weight excluding hydrogens is 338 g/mol. The summed E-state index contributed by atoms with van der Waals surface area (Å²) in [6, 6.07) is 6.28. The van der Waals surface area contributed by atoms with Gasteiger partial charge >= 0.3 is 0 Å². The Balaban J connectivity index is 1.74. The maximum Gasteiger partial charge on any atom is 0.259 e. The van der Waals surface area contributed by atoms with Gasteiger partial charge in [-0.1, -0.05) is 25.3 Å². The first kappa shape index (κ1) is 16.6. The van der Waals surface area contributed by atoms with E-state index >= 15 is 0 Å². The van der Waals surface area contributed by atoms with Crippen LogP contribution >= 0.6 is 0 Å². The lowest BCUT2D eigenvalue weighted by Gasteiger charge is -2.30. The SMILES string of the molecule is CC(=O)N1CC2=C(C1=O)[C@@H](C1CCCCC1)c1cn(C)c3cccc(c13)N2. The van der Waals surface area contributed by atoms with Crippen LogP contribution in [0.5, 0.6) is 0 Å². The lowest BCUT2D eigenvalue weighted by atomic mass is 9.73. The van der Waals surface area contributed by atoms with Crippen molar-refractivity contribution in [3.8, 4) is 0 Å². The Morgan fingerprint density at radius 1 is 1.19 bits per heavy atom.